The maximum Gasteiger partial charge on any atom is 0.251 e. The highest BCUT2D eigenvalue weighted by Crippen LogP contribution is 2.19. The molecule has 19 heavy (non-hydrogen) atoms. The van der Waals surface area contributed by atoms with Crippen LogP contribution < -0.4 is 5.32 Å². The quantitative estimate of drug-likeness (QED) is 0.909. The Kier molecular flexibility index (Phi) is 4.40. The molecule has 0 spiro atoms. The molecule has 0 bridgehead atoms. The number of carbonyl (C=O) groups excluding carboxylic acids is 1. The average Bonchev–Trinajstić information content (AvgIpc) is 2.35. The van der Waals surface area contributed by atoms with Crippen molar-refractivity contribution in [2.75, 3.05) is 0 Å². The van der Waals surface area contributed by atoms with Crippen LogP contribution in [0.3, 0.4) is 0 Å². The Morgan fingerprint density at radius 3 is 2.42 bits per heavy atom. The van der Waals surface area contributed by atoms with Crippen LogP contribution in [0.4, 0.5) is 4.39 Å². The first kappa shape index (κ1) is 13.8. The van der Waals surface area contributed by atoms with Gasteiger partial charge in [-0.25, -0.2) is 4.39 Å². The summed E-state index contributed by atoms with van der Waals surface area (Å²) in [5.41, 5.74) is 1.05. The van der Waals surface area contributed by atoms with E-state index >= 15 is 0 Å². The van der Waals surface area contributed by atoms with Crippen molar-refractivity contribution in [2.45, 2.75) is 6.54 Å². The van der Waals surface area contributed by atoms with Crippen LogP contribution in [0.1, 0.15) is 15.9 Å². The second-order valence-corrected chi connectivity index (χ2v) is 4.84. The highest BCUT2D eigenvalue weighted by Gasteiger charge is 2.06. The van der Waals surface area contributed by atoms with E-state index in [1.807, 2.05) is 0 Å². The SMILES string of the molecule is O=C(NCc1cc(Cl)cc(Cl)c1)c1cccc(F)c1. The summed E-state index contributed by atoms with van der Waals surface area (Å²) in [5.74, 6) is -0.797. The van der Waals surface area contributed by atoms with E-state index in [4.69, 9.17) is 23.2 Å². The fourth-order valence-corrected chi connectivity index (χ4v) is 2.20. The molecule has 0 aliphatic rings. The molecule has 0 fully saturated rings. The zero-order chi connectivity index (χ0) is 13.8. The zero-order valence-electron chi connectivity index (χ0n) is 9.79. The van der Waals surface area contributed by atoms with Gasteiger partial charge in [0.25, 0.3) is 5.91 Å². The highest BCUT2D eigenvalue weighted by atomic mass is 35.5. The highest BCUT2D eigenvalue weighted by molar-refractivity contribution is 6.34. The summed E-state index contributed by atoms with van der Waals surface area (Å²) in [6.45, 7) is 0.273. The minimum Gasteiger partial charge on any atom is -0.348 e. The van der Waals surface area contributed by atoms with Crippen molar-refractivity contribution in [3.05, 3.63) is 69.5 Å². The van der Waals surface area contributed by atoms with E-state index in [2.05, 4.69) is 5.32 Å². The first-order valence-corrected chi connectivity index (χ1v) is 6.29. The van der Waals surface area contributed by atoms with Gasteiger partial charge >= 0.3 is 0 Å². The van der Waals surface area contributed by atoms with Gasteiger partial charge in [-0.3, -0.25) is 4.79 Å². The Morgan fingerprint density at radius 1 is 1.11 bits per heavy atom. The monoisotopic (exact) mass is 297 g/mol. The van der Waals surface area contributed by atoms with E-state index in [0.717, 1.165) is 5.56 Å². The molecule has 0 saturated heterocycles. The maximum absolute atomic E-state index is 13.0. The lowest BCUT2D eigenvalue weighted by Gasteiger charge is -2.06. The molecule has 5 heteroatoms. The number of hydrogen-bond acceptors (Lipinski definition) is 1. The predicted octanol–water partition coefficient (Wildman–Crippen LogP) is 4.06. The van der Waals surface area contributed by atoms with E-state index in [0.29, 0.717) is 10.0 Å². The summed E-state index contributed by atoms with van der Waals surface area (Å²) < 4.78 is 13.0. The molecule has 0 unspecified atom stereocenters. The minimum atomic E-state index is -0.446. The number of benzene rings is 2. The van der Waals surface area contributed by atoms with Gasteiger partial charge in [0.05, 0.1) is 0 Å². The lowest BCUT2D eigenvalue weighted by molar-refractivity contribution is 0.0950. The molecule has 2 aromatic carbocycles. The molecule has 0 radical (unpaired) electrons. The van der Waals surface area contributed by atoms with Crippen LogP contribution in [0.2, 0.25) is 10.0 Å². The normalized spacial score (nSPS) is 10.3. The van der Waals surface area contributed by atoms with E-state index in [1.54, 1.807) is 24.3 Å². The molecule has 0 saturated carbocycles. The summed E-state index contributed by atoms with van der Waals surface area (Å²) in [7, 11) is 0. The molecule has 0 aromatic heterocycles. The van der Waals surface area contributed by atoms with Crippen molar-refractivity contribution in [2.24, 2.45) is 0 Å². The zero-order valence-corrected chi connectivity index (χ0v) is 11.3. The van der Waals surface area contributed by atoms with Crippen molar-refractivity contribution in [1.82, 2.24) is 5.32 Å². The fraction of sp³-hybridized carbons (Fsp3) is 0.0714. The molecule has 0 atom stereocenters. The fourth-order valence-electron chi connectivity index (χ4n) is 1.63. The van der Waals surface area contributed by atoms with Gasteiger partial charge in [0, 0.05) is 22.2 Å². The Hall–Kier alpha value is -1.58. The van der Waals surface area contributed by atoms with Gasteiger partial charge < -0.3 is 5.32 Å². The Morgan fingerprint density at radius 2 is 1.79 bits per heavy atom. The molecule has 2 aromatic rings. The minimum absolute atomic E-state index is 0.271. The molecule has 1 amide bonds. The number of hydrogen-bond donors (Lipinski definition) is 1. The average molecular weight is 298 g/mol. The molecule has 2 nitrogen and oxygen atoms in total. The van der Waals surface area contributed by atoms with Crippen molar-refractivity contribution in [3.63, 3.8) is 0 Å². The molecule has 2 rings (SSSR count). The molecule has 98 valence electrons. The van der Waals surface area contributed by atoms with Gasteiger partial charge in [0.1, 0.15) is 5.82 Å². The summed E-state index contributed by atoms with van der Waals surface area (Å²) in [6.07, 6.45) is 0. The maximum atomic E-state index is 13.0. The van der Waals surface area contributed by atoms with E-state index in [-0.39, 0.29) is 18.0 Å². The summed E-state index contributed by atoms with van der Waals surface area (Å²) in [6, 6.07) is 10.5. The van der Waals surface area contributed by atoms with Crippen LogP contribution in [0.15, 0.2) is 42.5 Å². The van der Waals surface area contributed by atoms with Crippen LogP contribution in [0.5, 0.6) is 0 Å². The Bertz CT molecular complexity index is 596. The van der Waals surface area contributed by atoms with Crippen molar-refractivity contribution < 1.29 is 9.18 Å². The Balaban J connectivity index is 2.04. The number of nitrogens with one attached hydrogen (secondary N) is 1. The van der Waals surface area contributed by atoms with Crippen molar-refractivity contribution in [1.29, 1.82) is 0 Å². The smallest absolute Gasteiger partial charge is 0.251 e. The van der Waals surface area contributed by atoms with Crippen LogP contribution in [0, 0.1) is 5.82 Å². The van der Waals surface area contributed by atoms with Crippen LogP contribution in [-0.2, 0) is 6.54 Å². The van der Waals surface area contributed by atoms with Gasteiger partial charge in [0.2, 0.25) is 0 Å². The third-order valence-corrected chi connectivity index (χ3v) is 2.90. The number of carbonyl (C=O) groups is 1. The second-order valence-electron chi connectivity index (χ2n) is 3.97. The third kappa shape index (κ3) is 3.94. The first-order valence-electron chi connectivity index (χ1n) is 5.53. The number of amides is 1. The van der Waals surface area contributed by atoms with Crippen LogP contribution >= 0.6 is 23.2 Å². The summed E-state index contributed by atoms with van der Waals surface area (Å²) in [5, 5.41) is 3.68. The van der Waals surface area contributed by atoms with Gasteiger partial charge in [-0.05, 0) is 42.0 Å². The van der Waals surface area contributed by atoms with E-state index in [9.17, 15) is 9.18 Å². The van der Waals surface area contributed by atoms with Crippen LogP contribution in [0.25, 0.3) is 0 Å². The predicted molar refractivity (Wildman–Crippen MR) is 74.0 cm³/mol. The standard InChI is InChI=1S/C14H10Cl2FNO/c15-11-4-9(5-12(16)7-11)8-18-14(19)10-2-1-3-13(17)6-10/h1-7H,8H2,(H,18,19). The van der Waals surface area contributed by atoms with Gasteiger partial charge in [0.15, 0.2) is 0 Å². The summed E-state index contributed by atoms with van der Waals surface area (Å²) in [4.78, 5) is 11.8. The topological polar surface area (TPSA) is 29.1 Å². The number of halogens is 3. The van der Waals surface area contributed by atoms with E-state index < -0.39 is 5.82 Å². The molecule has 0 aliphatic carbocycles. The Labute approximate surface area is 120 Å². The van der Waals surface area contributed by atoms with Gasteiger partial charge in [-0.1, -0.05) is 29.3 Å². The molecule has 0 heterocycles. The molecule has 0 aliphatic heterocycles. The van der Waals surface area contributed by atoms with Crippen molar-refractivity contribution in [3.8, 4) is 0 Å². The largest absolute Gasteiger partial charge is 0.348 e. The molecular formula is C14H10Cl2FNO. The van der Waals surface area contributed by atoms with Crippen molar-refractivity contribution >= 4 is 29.1 Å². The van der Waals surface area contributed by atoms with Crippen LogP contribution in [-0.4, -0.2) is 5.91 Å². The summed E-state index contributed by atoms with van der Waals surface area (Å²) >= 11 is 11.7. The lowest BCUT2D eigenvalue weighted by Crippen LogP contribution is -2.22. The number of rotatable bonds is 3. The first-order chi connectivity index (χ1) is 9.04. The molecule has 1 N–H and O–H groups in total. The van der Waals surface area contributed by atoms with Gasteiger partial charge in [-0.15, -0.1) is 0 Å². The lowest BCUT2D eigenvalue weighted by atomic mass is 10.2. The second kappa shape index (κ2) is 6.04. The van der Waals surface area contributed by atoms with Gasteiger partial charge in [-0.2, -0.15) is 0 Å². The third-order valence-electron chi connectivity index (χ3n) is 2.46. The molecular weight excluding hydrogens is 288 g/mol. The van der Waals surface area contributed by atoms with E-state index in [1.165, 1.54) is 18.2 Å².